The lowest BCUT2D eigenvalue weighted by molar-refractivity contribution is -0.106. The van der Waals surface area contributed by atoms with E-state index >= 15 is 0 Å². The van der Waals surface area contributed by atoms with E-state index in [2.05, 4.69) is 5.32 Å². The number of nitrogens with one attached hydrogen (secondary N) is 1. The molecule has 0 fully saturated rings. The maximum Gasteiger partial charge on any atom is 0.245 e. The Kier molecular flexibility index (Phi) is 7.03. The van der Waals surface area contributed by atoms with Crippen LogP contribution in [0.15, 0.2) is 29.2 Å². The van der Waals surface area contributed by atoms with Gasteiger partial charge in [-0.2, -0.15) is 4.31 Å². The fraction of sp³-hybridized carbons (Fsp3) is 0.562. The van der Waals surface area contributed by atoms with E-state index < -0.39 is 10.0 Å². The lowest BCUT2D eigenvalue weighted by atomic mass is 10.2. The lowest BCUT2D eigenvalue weighted by Gasteiger charge is -2.26. The van der Waals surface area contributed by atoms with Crippen LogP contribution in [-0.2, 0) is 14.8 Å². The van der Waals surface area contributed by atoms with Crippen molar-refractivity contribution in [2.75, 3.05) is 25.0 Å². The minimum Gasteiger partial charge on any atom is -0.377 e. The van der Waals surface area contributed by atoms with E-state index in [0.717, 1.165) is 0 Å². The highest BCUT2D eigenvalue weighted by molar-refractivity contribution is 7.89. The Morgan fingerprint density at radius 1 is 1.09 bits per heavy atom. The molecule has 0 saturated carbocycles. The maximum atomic E-state index is 13.0. The first-order valence-corrected chi connectivity index (χ1v) is 8.99. The van der Waals surface area contributed by atoms with E-state index in [1.807, 2.05) is 27.7 Å². The van der Waals surface area contributed by atoms with Crippen molar-refractivity contribution >= 4 is 22.0 Å². The first kappa shape index (κ1) is 18.6. The van der Waals surface area contributed by atoms with Crippen molar-refractivity contribution in [1.82, 2.24) is 4.31 Å². The molecule has 6 heteroatoms. The van der Waals surface area contributed by atoms with Gasteiger partial charge in [-0.1, -0.05) is 39.8 Å². The summed E-state index contributed by atoms with van der Waals surface area (Å²) in [6, 6.07) is 6.71. The number of anilines is 1. The number of sulfonamides is 1. The summed E-state index contributed by atoms with van der Waals surface area (Å²) in [4.78, 5) is 10.8. The molecule has 1 N–H and O–H groups in total. The number of para-hydroxylation sites is 1. The summed E-state index contributed by atoms with van der Waals surface area (Å²) >= 11 is 0. The standard InChI is InChI=1S/C16H26N2O3S/c1-13(2)11-18(12-14(3)4)22(20,21)16-8-6-5-7-15(16)17-9-10-19/h5-8,10,13-14,17H,9,11-12H2,1-4H3. The second kappa shape index (κ2) is 8.29. The van der Waals surface area contributed by atoms with Crippen LogP contribution in [0.5, 0.6) is 0 Å². The summed E-state index contributed by atoms with van der Waals surface area (Å²) in [6.07, 6.45) is 0.712. The third-order valence-electron chi connectivity index (χ3n) is 3.02. The van der Waals surface area contributed by atoms with Crippen molar-refractivity contribution in [3.63, 3.8) is 0 Å². The van der Waals surface area contributed by atoms with Crippen LogP contribution in [0.25, 0.3) is 0 Å². The highest BCUT2D eigenvalue weighted by Crippen LogP contribution is 2.25. The van der Waals surface area contributed by atoms with E-state index in [9.17, 15) is 13.2 Å². The van der Waals surface area contributed by atoms with Gasteiger partial charge in [0.05, 0.1) is 12.2 Å². The van der Waals surface area contributed by atoms with Crippen molar-refractivity contribution in [3.8, 4) is 0 Å². The van der Waals surface area contributed by atoms with Gasteiger partial charge in [-0.15, -0.1) is 0 Å². The monoisotopic (exact) mass is 326 g/mol. The van der Waals surface area contributed by atoms with Crippen LogP contribution >= 0.6 is 0 Å². The molecule has 5 nitrogen and oxygen atoms in total. The highest BCUT2D eigenvalue weighted by atomic mass is 32.2. The molecule has 0 amide bonds. The number of benzene rings is 1. The second-order valence-electron chi connectivity index (χ2n) is 6.15. The summed E-state index contributed by atoms with van der Waals surface area (Å²) in [7, 11) is -3.60. The molecule has 0 bridgehead atoms. The van der Waals surface area contributed by atoms with Gasteiger partial charge in [0.25, 0.3) is 0 Å². The molecule has 0 saturated heterocycles. The van der Waals surface area contributed by atoms with Gasteiger partial charge < -0.3 is 10.1 Å². The van der Waals surface area contributed by atoms with Gasteiger partial charge in [-0.3, -0.25) is 0 Å². The molecule has 0 heterocycles. The smallest absolute Gasteiger partial charge is 0.245 e. The zero-order valence-electron chi connectivity index (χ0n) is 13.7. The number of hydrogen-bond donors (Lipinski definition) is 1. The SMILES string of the molecule is CC(C)CN(CC(C)C)S(=O)(=O)c1ccccc1NCC=O. The summed E-state index contributed by atoms with van der Waals surface area (Å²) in [5.41, 5.74) is 0.465. The highest BCUT2D eigenvalue weighted by Gasteiger charge is 2.27. The van der Waals surface area contributed by atoms with Gasteiger partial charge in [0.1, 0.15) is 11.2 Å². The van der Waals surface area contributed by atoms with Crippen LogP contribution in [0.3, 0.4) is 0 Å². The van der Waals surface area contributed by atoms with Crippen LogP contribution < -0.4 is 5.32 Å². The van der Waals surface area contributed by atoms with E-state index in [-0.39, 0.29) is 23.3 Å². The molecule has 22 heavy (non-hydrogen) atoms. The van der Waals surface area contributed by atoms with E-state index in [0.29, 0.717) is 25.1 Å². The lowest BCUT2D eigenvalue weighted by Crippen LogP contribution is -2.37. The minimum atomic E-state index is -3.60. The van der Waals surface area contributed by atoms with Crippen molar-refractivity contribution in [3.05, 3.63) is 24.3 Å². The van der Waals surface area contributed by atoms with Gasteiger partial charge in [-0.05, 0) is 24.0 Å². The Hall–Kier alpha value is -1.40. The van der Waals surface area contributed by atoms with Gasteiger partial charge in [0, 0.05) is 13.1 Å². The molecule has 1 aromatic carbocycles. The average Bonchev–Trinajstić information content (AvgIpc) is 2.43. The number of rotatable bonds is 9. The molecule has 1 aromatic rings. The quantitative estimate of drug-likeness (QED) is 0.708. The normalized spacial score (nSPS) is 12.1. The van der Waals surface area contributed by atoms with Gasteiger partial charge in [0.2, 0.25) is 10.0 Å². The van der Waals surface area contributed by atoms with E-state index in [1.165, 1.54) is 4.31 Å². The average molecular weight is 326 g/mol. The first-order valence-electron chi connectivity index (χ1n) is 7.55. The van der Waals surface area contributed by atoms with Crippen molar-refractivity contribution in [2.45, 2.75) is 32.6 Å². The van der Waals surface area contributed by atoms with Crippen molar-refractivity contribution < 1.29 is 13.2 Å². The summed E-state index contributed by atoms with van der Waals surface area (Å²) in [6.45, 7) is 9.03. The summed E-state index contributed by atoms with van der Waals surface area (Å²) in [5.74, 6) is 0.479. The van der Waals surface area contributed by atoms with Gasteiger partial charge in [0.15, 0.2) is 0 Å². The fourth-order valence-electron chi connectivity index (χ4n) is 2.21. The largest absolute Gasteiger partial charge is 0.377 e. The molecular formula is C16H26N2O3S. The van der Waals surface area contributed by atoms with Gasteiger partial charge in [-0.25, -0.2) is 8.42 Å². The predicted octanol–water partition coefficient (Wildman–Crippen LogP) is 2.60. The molecule has 0 aliphatic heterocycles. The molecular weight excluding hydrogens is 300 g/mol. The third-order valence-corrected chi connectivity index (χ3v) is 4.91. The molecule has 0 aliphatic rings. The Morgan fingerprint density at radius 3 is 2.14 bits per heavy atom. The molecule has 0 aliphatic carbocycles. The Balaban J connectivity index is 3.21. The van der Waals surface area contributed by atoms with Gasteiger partial charge >= 0.3 is 0 Å². The van der Waals surface area contributed by atoms with Crippen molar-refractivity contribution in [1.29, 1.82) is 0 Å². The second-order valence-corrected chi connectivity index (χ2v) is 8.06. The molecule has 0 unspecified atom stereocenters. The Labute approximate surface area is 133 Å². The Morgan fingerprint density at radius 2 is 1.64 bits per heavy atom. The van der Waals surface area contributed by atoms with Crippen LogP contribution in [-0.4, -0.2) is 38.6 Å². The topological polar surface area (TPSA) is 66.5 Å². The summed E-state index contributed by atoms with van der Waals surface area (Å²) < 4.78 is 27.5. The minimum absolute atomic E-state index is 0.0842. The maximum absolute atomic E-state index is 13.0. The summed E-state index contributed by atoms with van der Waals surface area (Å²) in [5, 5.41) is 2.86. The van der Waals surface area contributed by atoms with E-state index in [4.69, 9.17) is 0 Å². The number of carbonyl (C=O) groups excluding carboxylic acids is 1. The first-order chi connectivity index (χ1) is 10.3. The third kappa shape index (κ3) is 5.10. The van der Waals surface area contributed by atoms with Crippen LogP contribution in [0.2, 0.25) is 0 Å². The van der Waals surface area contributed by atoms with Crippen LogP contribution in [0, 0.1) is 11.8 Å². The van der Waals surface area contributed by atoms with Crippen molar-refractivity contribution in [2.24, 2.45) is 11.8 Å². The zero-order valence-corrected chi connectivity index (χ0v) is 14.6. The number of hydrogen-bond acceptors (Lipinski definition) is 4. The zero-order chi connectivity index (χ0) is 16.8. The fourth-order valence-corrected chi connectivity index (χ4v) is 4.15. The number of aldehydes is 1. The Bertz CT molecular complexity index is 573. The molecule has 0 radical (unpaired) electrons. The molecule has 0 spiro atoms. The molecule has 0 atom stereocenters. The van der Waals surface area contributed by atoms with Crippen LogP contribution in [0.1, 0.15) is 27.7 Å². The number of nitrogens with zero attached hydrogens (tertiary/aromatic N) is 1. The molecule has 124 valence electrons. The van der Waals surface area contributed by atoms with Crippen LogP contribution in [0.4, 0.5) is 5.69 Å². The number of carbonyl (C=O) groups is 1. The molecule has 0 aromatic heterocycles. The predicted molar refractivity (Wildman–Crippen MR) is 89.4 cm³/mol. The van der Waals surface area contributed by atoms with E-state index in [1.54, 1.807) is 24.3 Å². The molecule has 1 rings (SSSR count).